The molecule has 0 bridgehead atoms. The number of likely N-dealkylation sites (tertiary alicyclic amines) is 1. The van der Waals surface area contributed by atoms with Crippen LogP contribution in [0.25, 0.3) is 0 Å². The van der Waals surface area contributed by atoms with Crippen LogP contribution >= 0.6 is 0 Å². The summed E-state index contributed by atoms with van der Waals surface area (Å²) in [7, 11) is 3.51. The fourth-order valence-corrected chi connectivity index (χ4v) is 2.27. The monoisotopic (exact) mass is 248 g/mol. The van der Waals surface area contributed by atoms with Crippen molar-refractivity contribution >= 4 is 5.91 Å². The van der Waals surface area contributed by atoms with Crippen LogP contribution in [0.1, 0.15) is 24.9 Å². The Bertz CT molecular complexity index is 416. The molecular weight excluding hydrogens is 228 g/mol. The molecule has 1 N–H and O–H groups in total. The average Bonchev–Trinajstić information content (AvgIpc) is 2.71. The van der Waals surface area contributed by atoms with Crippen molar-refractivity contribution in [1.29, 1.82) is 0 Å². The third-order valence-electron chi connectivity index (χ3n) is 3.49. The largest absolute Gasteiger partial charge is 0.497 e. The van der Waals surface area contributed by atoms with E-state index in [9.17, 15) is 4.79 Å². The molecule has 1 aliphatic rings. The Morgan fingerprint density at radius 3 is 2.56 bits per heavy atom. The van der Waals surface area contributed by atoms with Gasteiger partial charge in [-0.15, -0.1) is 0 Å². The predicted octanol–water partition coefficient (Wildman–Crippen LogP) is 1.58. The van der Waals surface area contributed by atoms with Crippen LogP contribution in [0.5, 0.6) is 5.75 Å². The van der Waals surface area contributed by atoms with E-state index in [1.165, 1.54) is 0 Å². The Morgan fingerprint density at radius 2 is 2.06 bits per heavy atom. The fourth-order valence-electron chi connectivity index (χ4n) is 2.27. The van der Waals surface area contributed by atoms with Gasteiger partial charge in [0.25, 0.3) is 0 Å². The molecule has 0 saturated carbocycles. The summed E-state index contributed by atoms with van der Waals surface area (Å²) < 4.78 is 5.13. The van der Waals surface area contributed by atoms with Gasteiger partial charge in [-0.3, -0.25) is 10.1 Å². The van der Waals surface area contributed by atoms with Crippen molar-refractivity contribution in [3.05, 3.63) is 29.8 Å². The second-order valence-electron chi connectivity index (χ2n) is 4.76. The maximum absolute atomic E-state index is 11.8. The number of rotatable bonds is 4. The minimum atomic E-state index is -0.0490. The van der Waals surface area contributed by atoms with Crippen LogP contribution in [0.4, 0.5) is 0 Å². The van der Waals surface area contributed by atoms with Crippen LogP contribution < -0.4 is 10.1 Å². The van der Waals surface area contributed by atoms with Gasteiger partial charge < -0.3 is 9.64 Å². The average molecular weight is 248 g/mol. The van der Waals surface area contributed by atoms with Crippen molar-refractivity contribution in [3.63, 3.8) is 0 Å². The number of carbonyl (C=O) groups excluding carboxylic acids is 1. The van der Waals surface area contributed by atoms with Crippen molar-refractivity contribution in [2.24, 2.45) is 0 Å². The van der Waals surface area contributed by atoms with Crippen LogP contribution in [-0.4, -0.2) is 37.6 Å². The summed E-state index contributed by atoms with van der Waals surface area (Å²) in [6, 6.07) is 8.05. The van der Waals surface area contributed by atoms with E-state index in [0.29, 0.717) is 0 Å². The maximum Gasteiger partial charge on any atom is 0.239 e. The molecule has 1 aromatic rings. The topological polar surface area (TPSA) is 41.6 Å². The van der Waals surface area contributed by atoms with Gasteiger partial charge in [-0.1, -0.05) is 12.1 Å². The van der Waals surface area contributed by atoms with E-state index in [2.05, 4.69) is 12.2 Å². The second kappa shape index (κ2) is 5.40. The molecule has 18 heavy (non-hydrogen) atoms. The first-order chi connectivity index (χ1) is 8.61. The highest BCUT2D eigenvalue weighted by molar-refractivity contribution is 5.83. The van der Waals surface area contributed by atoms with Crippen LogP contribution in [-0.2, 0) is 4.79 Å². The Hall–Kier alpha value is -1.55. The van der Waals surface area contributed by atoms with Crippen LogP contribution in [0.15, 0.2) is 24.3 Å². The predicted molar refractivity (Wildman–Crippen MR) is 70.6 cm³/mol. The summed E-state index contributed by atoms with van der Waals surface area (Å²) in [5, 5.41) is 3.38. The highest BCUT2D eigenvalue weighted by Gasteiger charge is 2.29. The summed E-state index contributed by atoms with van der Waals surface area (Å²) in [5.74, 6) is 1.04. The van der Waals surface area contributed by atoms with Gasteiger partial charge in [-0.05, 0) is 31.0 Å². The normalized spacial score (nSPS) is 21.2. The molecule has 1 saturated heterocycles. The lowest BCUT2D eigenvalue weighted by molar-refractivity contribution is -0.128. The van der Waals surface area contributed by atoms with E-state index in [1.807, 2.05) is 31.3 Å². The van der Waals surface area contributed by atoms with Gasteiger partial charge in [-0.2, -0.15) is 0 Å². The number of hydrogen-bond donors (Lipinski definition) is 1. The third-order valence-corrected chi connectivity index (χ3v) is 3.49. The van der Waals surface area contributed by atoms with Crippen molar-refractivity contribution < 1.29 is 9.53 Å². The van der Waals surface area contributed by atoms with Gasteiger partial charge >= 0.3 is 0 Å². The Morgan fingerprint density at radius 1 is 1.39 bits per heavy atom. The first-order valence-electron chi connectivity index (χ1n) is 6.27. The van der Waals surface area contributed by atoms with Crippen molar-refractivity contribution in [1.82, 2.24) is 10.2 Å². The molecule has 2 atom stereocenters. The number of carbonyl (C=O) groups is 1. The molecule has 1 heterocycles. The van der Waals surface area contributed by atoms with Crippen LogP contribution in [0.3, 0.4) is 0 Å². The van der Waals surface area contributed by atoms with Gasteiger partial charge in [0.05, 0.1) is 13.2 Å². The number of nitrogens with one attached hydrogen (secondary N) is 1. The number of nitrogens with zero attached hydrogens (tertiary/aromatic N) is 1. The number of likely N-dealkylation sites (N-methyl/N-ethyl adjacent to an activating group) is 1. The highest BCUT2D eigenvalue weighted by Crippen LogP contribution is 2.19. The third kappa shape index (κ3) is 2.64. The molecule has 1 fully saturated rings. The number of hydrogen-bond acceptors (Lipinski definition) is 3. The van der Waals surface area contributed by atoms with Gasteiger partial charge in [-0.25, -0.2) is 0 Å². The van der Waals surface area contributed by atoms with Gasteiger partial charge in [0.1, 0.15) is 5.75 Å². The molecule has 4 nitrogen and oxygen atoms in total. The maximum atomic E-state index is 11.8. The van der Waals surface area contributed by atoms with Crippen molar-refractivity contribution in [2.75, 3.05) is 20.7 Å². The standard InChI is InChI=1S/C14H20N2O2/c1-10(11-4-6-12(18-3)7-5-11)15-13-8-9-16(2)14(13)17/h4-7,10,13,15H,8-9H2,1-3H3/t10-,13?/m0/s1. The summed E-state index contributed by atoms with van der Waals surface area (Å²) in [5.41, 5.74) is 1.16. The summed E-state index contributed by atoms with van der Waals surface area (Å²) in [4.78, 5) is 13.6. The van der Waals surface area contributed by atoms with E-state index >= 15 is 0 Å². The lowest BCUT2D eigenvalue weighted by Gasteiger charge is -2.19. The number of amides is 1. The van der Waals surface area contributed by atoms with Gasteiger partial charge in [0, 0.05) is 19.6 Å². The molecule has 1 aliphatic heterocycles. The highest BCUT2D eigenvalue weighted by atomic mass is 16.5. The minimum absolute atomic E-state index is 0.0490. The lowest BCUT2D eigenvalue weighted by atomic mass is 10.1. The number of ether oxygens (including phenoxy) is 1. The number of methoxy groups -OCH3 is 1. The van der Waals surface area contributed by atoms with E-state index in [1.54, 1.807) is 12.0 Å². The molecule has 0 aliphatic carbocycles. The molecule has 1 amide bonds. The van der Waals surface area contributed by atoms with Crippen LogP contribution in [0, 0.1) is 0 Å². The quantitative estimate of drug-likeness (QED) is 0.879. The minimum Gasteiger partial charge on any atom is -0.497 e. The smallest absolute Gasteiger partial charge is 0.239 e. The van der Waals surface area contributed by atoms with Crippen molar-refractivity contribution in [3.8, 4) is 5.75 Å². The Labute approximate surface area is 108 Å². The zero-order valence-corrected chi connectivity index (χ0v) is 11.1. The Balaban J connectivity index is 1.98. The molecule has 1 unspecified atom stereocenters. The first-order valence-corrected chi connectivity index (χ1v) is 6.27. The Kier molecular flexibility index (Phi) is 3.87. The molecule has 2 rings (SSSR count). The summed E-state index contributed by atoms with van der Waals surface area (Å²) in [6.07, 6.45) is 0.885. The second-order valence-corrected chi connectivity index (χ2v) is 4.76. The first kappa shape index (κ1) is 12.9. The summed E-state index contributed by atoms with van der Waals surface area (Å²) in [6.45, 7) is 2.92. The number of benzene rings is 1. The molecule has 0 aromatic heterocycles. The summed E-state index contributed by atoms with van der Waals surface area (Å²) >= 11 is 0. The molecule has 1 aromatic carbocycles. The van der Waals surface area contributed by atoms with Gasteiger partial charge in [0.15, 0.2) is 0 Å². The molecule has 98 valence electrons. The van der Waals surface area contributed by atoms with Crippen molar-refractivity contribution in [2.45, 2.75) is 25.4 Å². The molecule has 0 radical (unpaired) electrons. The lowest BCUT2D eigenvalue weighted by Crippen LogP contribution is -2.38. The fraction of sp³-hybridized carbons (Fsp3) is 0.500. The molecule has 0 spiro atoms. The zero-order valence-electron chi connectivity index (χ0n) is 11.1. The zero-order chi connectivity index (χ0) is 13.1. The van der Waals surface area contributed by atoms with E-state index in [4.69, 9.17) is 4.74 Å². The van der Waals surface area contributed by atoms with Gasteiger partial charge in [0.2, 0.25) is 5.91 Å². The molecular formula is C14H20N2O2. The van der Waals surface area contributed by atoms with E-state index < -0.39 is 0 Å². The van der Waals surface area contributed by atoms with E-state index in [-0.39, 0.29) is 18.0 Å². The SMILES string of the molecule is COc1ccc([C@H](C)NC2CCN(C)C2=O)cc1. The van der Waals surface area contributed by atoms with Crippen LogP contribution in [0.2, 0.25) is 0 Å². The molecule has 4 heteroatoms. The van der Waals surface area contributed by atoms with E-state index in [0.717, 1.165) is 24.3 Å².